The highest BCUT2D eigenvalue weighted by Crippen LogP contribution is 2.26. The number of aliphatic hydroxyl groups is 1. The first-order chi connectivity index (χ1) is 8.19. The van der Waals surface area contributed by atoms with Crippen LogP contribution in [0, 0.1) is 13.8 Å². The molecule has 0 aliphatic rings. The van der Waals surface area contributed by atoms with Crippen molar-refractivity contribution in [2.45, 2.75) is 20.5 Å². The number of benzene rings is 2. The first kappa shape index (κ1) is 11.7. The largest absolute Gasteiger partial charge is 0.457 e. The molecule has 0 unspecified atom stereocenters. The van der Waals surface area contributed by atoms with E-state index in [9.17, 15) is 0 Å². The highest BCUT2D eigenvalue weighted by atomic mass is 16.5. The summed E-state index contributed by atoms with van der Waals surface area (Å²) >= 11 is 0. The van der Waals surface area contributed by atoms with Gasteiger partial charge in [0.1, 0.15) is 11.5 Å². The summed E-state index contributed by atoms with van der Waals surface area (Å²) in [5.74, 6) is 1.66. The van der Waals surface area contributed by atoms with Gasteiger partial charge in [-0.2, -0.15) is 0 Å². The lowest BCUT2D eigenvalue weighted by Gasteiger charge is -2.10. The maximum Gasteiger partial charge on any atom is 0.130 e. The number of rotatable bonds is 3. The normalized spacial score (nSPS) is 10.3. The van der Waals surface area contributed by atoms with Crippen molar-refractivity contribution in [1.82, 2.24) is 0 Å². The molecule has 0 saturated heterocycles. The van der Waals surface area contributed by atoms with E-state index >= 15 is 0 Å². The molecule has 0 fully saturated rings. The Morgan fingerprint density at radius 2 is 1.88 bits per heavy atom. The van der Waals surface area contributed by atoms with Crippen LogP contribution in [0.4, 0.5) is 0 Å². The second kappa shape index (κ2) is 5.02. The lowest BCUT2D eigenvalue weighted by Crippen LogP contribution is -1.90. The summed E-state index contributed by atoms with van der Waals surface area (Å²) in [4.78, 5) is 0. The van der Waals surface area contributed by atoms with E-state index in [1.54, 1.807) is 0 Å². The van der Waals surface area contributed by atoms with E-state index in [0.717, 1.165) is 22.6 Å². The minimum atomic E-state index is 0.0611. The molecule has 1 N–H and O–H groups in total. The fraction of sp³-hybridized carbons (Fsp3) is 0.200. The van der Waals surface area contributed by atoms with E-state index in [2.05, 4.69) is 0 Å². The molecule has 0 spiro atoms. The molecule has 2 rings (SSSR count). The molecule has 0 amide bonds. The van der Waals surface area contributed by atoms with Crippen molar-refractivity contribution in [1.29, 1.82) is 0 Å². The Hall–Kier alpha value is -1.80. The molecule has 2 nitrogen and oxygen atoms in total. The van der Waals surface area contributed by atoms with Crippen molar-refractivity contribution in [3.8, 4) is 11.5 Å². The van der Waals surface area contributed by atoms with Gasteiger partial charge in [0.05, 0.1) is 6.61 Å². The number of hydrogen-bond donors (Lipinski definition) is 1. The maximum absolute atomic E-state index is 9.04. The third-order valence-electron chi connectivity index (χ3n) is 2.64. The Labute approximate surface area is 101 Å². The van der Waals surface area contributed by atoms with Crippen LogP contribution in [0.15, 0.2) is 42.5 Å². The molecule has 88 valence electrons. The summed E-state index contributed by atoms with van der Waals surface area (Å²) < 4.78 is 5.81. The lowest BCUT2D eigenvalue weighted by atomic mass is 10.1. The van der Waals surface area contributed by atoms with E-state index in [4.69, 9.17) is 9.84 Å². The van der Waals surface area contributed by atoms with Gasteiger partial charge in [0.15, 0.2) is 0 Å². The number of aryl methyl sites for hydroxylation is 2. The Bertz CT molecular complexity index is 518. The van der Waals surface area contributed by atoms with Gasteiger partial charge in [0, 0.05) is 0 Å². The number of aliphatic hydroxyl groups excluding tert-OH is 1. The number of ether oxygens (including phenoxy) is 1. The van der Waals surface area contributed by atoms with E-state index < -0.39 is 0 Å². The topological polar surface area (TPSA) is 29.5 Å². The van der Waals surface area contributed by atoms with Crippen LogP contribution in [0.2, 0.25) is 0 Å². The zero-order chi connectivity index (χ0) is 12.3. The first-order valence-corrected chi connectivity index (χ1v) is 5.64. The zero-order valence-electron chi connectivity index (χ0n) is 10.1. The van der Waals surface area contributed by atoms with Crippen LogP contribution in [0.3, 0.4) is 0 Å². The van der Waals surface area contributed by atoms with Gasteiger partial charge in [0.25, 0.3) is 0 Å². The summed E-state index contributed by atoms with van der Waals surface area (Å²) in [6, 6.07) is 13.6. The van der Waals surface area contributed by atoms with E-state index in [1.807, 2.05) is 56.3 Å². The summed E-state index contributed by atoms with van der Waals surface area (Å²) in [5.41, 5.74) is 3.10. The van der Waals surface area contributed by atoms with Gasteiger partial charge in [0.2, 0.25) is 0 Å². The quantitative estimate of drug-likeness (QED) is 0.870. The molecular weight excluding hydrogens is 212 g/mol. The summed E-state index contributed by atoms with van der Waals surface area (Å²) in [6.45, 7) is 4.07. The maximum atomic E-state index is 9.04. The third-order valence-corrected chi connectivity index (χ3v) is 2.64. The van der Waals surface area contributed by atoms with Crippen LogP contribution in [0.1, 0.15) is 16.7 Å². The van der Waals surface area contributed by atoms with Crippen LogP contribution in [-0.4, -0.2) is 5.11 Å². The molecule has 0 heterocycles. The second-order valence-electron chi connectivity index (χ2n) is 4.18. The average Bonchev–Trinajstić information content (AvgIpc) is 2.32. The predicted molar refractivity (Wildman–Crippen MR) is 68.4 cm³/mol. The molecule has 0 bridgehead atoms. The SMILES string of the molecule is Cc1cccc(Oc2ccc(CO)cc2C)c1. The van der Waals surface area contributed by atoms with Crippen LogP contribution >= 0.6 is 0 Å². The Morgan fingerprint density at radius 3 is 2.53 bits per heavy atom. The summed E-state index contributed by atoms with van der Waals surface area (Å²) in [6.07, 6.45) is 0. The van der Waals surface area contributed by atoms with E-state index in [-0.39, 0.29) is 6.61 Å². The van der Waals surface area contributed by atoms with Crippen molar-refractivity contribution < 1.29 is 9.84 Å². The van der Waals surface area contributed by atoms with E-state index in [1.165, 1.54) is 5.56 Å². The molecule has 0 aliphatic carbocycles. The van der Waals surface area contributed by atoms with Gasteiger partial charge in [-0.05, 0) is 48.7 Å². The predicted octanol–water partition coefficient (Wildman–Crippen LogP) is 3.59. The van der Waals surface area contributed by atoms with Crippen molar-refractivity contribution in [3.63, 3.8) is 0 Å². The summed E-state index contributed by atoms with van der Waals surface area (Å²) in [5, 5.41) is 9.04. The van der Waals surface area contributed by atoms with Crippen LogP contribution < -0.4 is 4.74 Å². The van der Waals surface area contributed by atoms with Crippen LogP contribution in [0.5, 0.6) is 11.5 Å². The van der Waals surface area contributed by atoms with Gasteiger partial charge in [-0.25, -0.2) is 0 Å². The van der Waals surface area contributed by atoms with Gasteiger partial charge in [-0.1, -0.05) is 24.3 Å². The third kappa shape index (κ3) is 2.86. The highest BCUT2D eigenvalue weighted by Gasteiger charge is 2.02. The van der Waals surface area contributed by atoms with Crippen LogP contribution in [-0.2, 0) is 6.61 Å². The van der Waals surface area contributed by atoms with E-state index in [0.29, 0.717) is 0 Å². The molecule has 17 heavy (non-hydrogen) atoms. The van der Waals surface area contributed by atoms with Crippen LogP contribution in [0.25, 0.3) is 0 Å². The smallest absolute Gasteiger partial charge is 0.130 e. The molecule has 2 heteroatoms. The second-order valence-corrected chi connectivity index (χ2v) is 4.18. The molecule has 0 radical (unpaired) electrons. The Balaban J connectivity index is 2.24. The first-order valence-electron chi connectivity index (χ1n) is 5.64. The Morgan fingerprint density at radius 1 is 1.06 bits per heavy atom. The molecule has 2 aromatic rings. The van der Waals surface area contributed by atoms with Crippen molar-refractivity contribution in [2.24, 2.45) is 0 Å². The Kier molecular flexibility index (Phi) is 3.45. The lowest BCUT2D eigenvalue weighted by molar-refractivity contribution is 0.281. The standard InChI is InChI=1S/C15H16O2/c1-11-4-3-5-14(8-11)17-15-7-6-13(10-16)9-12(15)2/h3-9,16H,10H2,1-2H3. The molecular formula is C15H16O2. The fourth-order valence-corrected chi connectivity index (χ4v) is 1.73. The minimum absolute atomic E-state index is 0.0611. The van der Waals surface area contributed by atoms with Crippen molar-refractivity contribution in [2.75, 3.05) is 0 Å². The molecule has 0 aliphatic heterocycles. The van der Waals surface area contributed by atoms with Gasteiger partial charge >= 0.3 is 0 Å². The fourth-order valence-electron chi connectivity index (χ4n) is 1.73. The van der Waals surface area contributed by atoms with Gasteiger partial charge in [-0.3, -0.25) is 0 Å². The molecule has 2 aromatic carbocycles. The monoisotopic (exact) mass is 228 g/mol. The summed E-state index contributed by atoms with van der Waals surface area (Å²) in [7, 11) is 0. The zero-order valence-corrected chi connectivity index (χ0v) is 10.1. The van der Waals surface area contributed by atoms with Gasteiger partial charge in [-0.15, -0.1) is 0 Å². The highest BCUT2D eigenvalue weighted by molar-refractivity contribution is 5.40. The molecule has 0 aromatic heterocycles. The van der Waals surface area contributed by atoms with Crippen molar-refractivity contribution in [3.05, 3.63) is 59.2 Å². The number of hydrogen-bond acceptors (Lipinski definition) is 2. The minimum Gasteiger partial charge on any atom is -0.457 e. The average molecular weight is 228 g/mol. The van der Waals surface area contributed by atoms with Crippen molar-refractivity contribution >= 4 is 0 Å². The molecule has 0 atom stereocenters. The molecule has 0 saturated carbocycles. The van der Waals surface area contributed by atoms with Gasteiger partial charge < -0.3 is 9.84 Å².